The van der Waals surface area contributed by atoms with E-state index in [1.165, 1.54) is 44.5 Å². The lowest BCUT2D eigenvalue weighted by molar-refractivity contribution is 0.487. The quantitative estimate of drug-likeness (QED) is 0.144. The van der Waals surface area contributed by atoms with Crippen molar-refractivity contribution in [2.24, 2.45) is 0 Å². The van der Waals surface area contributed by atoms with Gasteiger partial charge in [-0.2, -0.15) is 0 Å². The lowest BCUT2D eigenvalue weighted by Crippen LogP contribution is -2.28. The summed E-state index contributed by atoms with van der Waals surface area (Å²) in [6, 6.07) is 96.5. The Morgan fingerprint density at radius 1 is 0.279 bits per heavy atom. The van der Waals surface area contributed by atoms with Crippen molar-refractivity contribution in [3.63, 3.8) is 0 Å². The monoisotopic (exact) mass is 868 g/mol. The molecule has 11 aromatic carbocycles. The first kappa shape index (κ1) is 39.4. The van der Waals surface area contributed by atoms with Crippen LogP contribution in [0.4, 0.5) is 34.1 Å². The maximum absolute atomic E-state index is 7.04. The van der Waals surface area contributed by atoms with E-state index in [0.717, 1.165) is 67.5 Å². The minimum absolute atomic E-state index is 0.487. The molecule has 0 radical (unpaired) electrons. The first-order chi connectivity index (χ1) is 33.7. The van der Waals surface area contributed by atoms with Gasteiger partial charge in [-0.25, -0.2) is 0 Å². The molecule has 0 fully saturated rings. The van der Waals surface area contributed by atoms with Crippen LogP contribution in [0.1, 0.15) is 22.3 Å². The van der Waals surface area contributed by atoms with E-state index >= 15 is 0 Å². The number of nitrogens with zero attached hydrogens (tertiary/aromatic N) is 2. The Morgan fingerprint density at radius 2 is 0.765 bits per heavy atom. The highest BCUT2D eigenvalue weighted by Crippen LogP contribution is 2.58. The average molecular weight is 869 g/mol. The Kier molecular flexibility index (Phi) is 9.40. The number of rotatable bonds is 9. The average Bonchev–Trinajstić information content (AvgIpc) is 3.71. The maximum Gasteiger partial charge on any atom is 0.138 e. The lowest BCUT2D eigenvalue weighted by atomic mass is 9.68. The van der Waals surface area contributed by atoms with E-state index in [1.54, 1.807) is 0 Å². The molecule has 13 rings (SSSR count). The molecule has 0 saturated carbocycles. The summed E-state index contributed by atoms with van der Waals surface area (Å²) in [4.78, 5) is 4.70. The fourth-order valence-corrected chi connectivity index (χ4v) is 10.9. The molecule has 3 heteroatoms. The van der Waals surface area contributed by atoms with E-state index in [1.807, 2.05) is 0 Å². The van der Waals surface area contributed by atoms with Crippen molar-refractivity contribution in [1.82, 2.24) is 0 Å². The predicted molar refractivity (Wildman–Crippen MR) is 282 cm³/mol. The Labute approximate surface area is 397 Å². The number of ether oxygens (including phenoxy) is 1. The van der Waals surface area contributed by atoms with E-state index in [4.69, 9.17) is 4.74 Å². The van der Waals surface area contributed by atoms with E-state index in [0.29, 0.717) is 0 Å². The van der Waals surface area contributed by atoms with Gasteiger partial charge in [-0.3, -0.25) is 0 Å². The molecular weight excluding hydrogens is 825 g/mol. The number of hydrogen-bond acceptors (Lipinski definition) is 3. The Balaban J connectivity index is 0.983. The number of fused-ring (bicyclic) bond motifs is 5. The largest absolute Gasteiger partial charge is 0.456 e. The molecule has 0 aromatic heterocycles. The minimum Gasteiger partial charge on any atom is -0.456 e. The number of benzene rings is 11. The van der Waals surface area contributed by atoms with Gasteiger partial charge in [-0.1, -0.05) is 188 Å². The van der Waals surface area contributed by atoms with E-state index in [9.17, 15) is 0 Å². The van der Waals surface area contributed by atoms with Crippen LogP contribution < -0.4 is 14.5 Å². The van der Waals surface area contributed by atoms with Gasteiger partial charge in [0.1, 0.15) is 11.5 Å². The maximum atomic E-state index is 7.04. The van der Waals surface area contributed by atoms with Gasteiger partial charge in [0.15, 0.2) is 0 Å². The van der Waals surface area contributed by atoms with Crippen molar-refractivity contribution in [1.29, 1.82) is 0 Å². The van der Waals surface area contributed by atoms with Crippen LogP contribution in [0.3, 0.4) is 0 Å². The van der Waals surface area contributed by atoms with Crippen LogP contribution in [0.15, 0.2) is 267 Å². The highest BCUT2D eigenvalue weighted by molar-refractivity contribution is 6.07. The van der Waals surface area contributed by atoms with Crippen LogP contribution in [-0.2, 0) is 5.41 Å². The minimum atomic E-state index is -0.487. The van der Waals surface area contributed by atoms with Gasteiger partial charge in [0, 0.05) is 45.5 Å². The van der Waals surface area contributed by atoms with Gasteiger partial charge in [0.25, 0.3) is 0 Å². The molecule has 0 N–H and O–H groups in total. The molecule has 1 aliphatic carbocycles. The van der Waals surface area contributed by atoms with Gasteiger partial charge >= 0.3 is 0 Å². The second kappa shape index (κ2) is 16.2. The normalized spacial score (nSPS) is 12.6. The fourth-order valence-electron chi connectivity index (χ4n) is 10.9. The zero-order valence-electron chi connectivity index (χ0n) is 37.2. The highest BCUT2D eigenvalue weighted by atomic mass is 16.5. The van der Waals surface area contributed by atoms with Gasteiger partial charge in [0.05, 0.1) is 11.1 Å². The number of para-hydroxylation sites is 2. The number of anilines is 6. The highest BCUT2D eigenvalue weighted by Gasteiger charge is 2.46. The summed E-state index contributed by atoms with van der Waals surface area (Å²) in [7, 11) is 0. The fraction of sp³-hybridized carbons (Fsp3) is 0.0154. The first-order valence-corrected chi connectivity index (χ1v) is 23.3. The molecular formula is C65H44N2O. The molecule has 0 bridgehead atoms. The van der Waals surface area contributed by atoms with Crippen LogP contribution >= 0.6 is 0 Å². The zero-order valence-corrected chi connectivity index (χ0v) is 37.2. The van der Waals surface area contributed by atoms with E-state index < -0.39 is 5.41 Å². The van der Waals surface area contributed by atoms with E-state index in [2.05, 4.69) is 277 Å². The lowest BCUT2D eigenvalue weighted by Gasteiger charge is -2.34. The molecule has 3 nitrogen and oxygen atoms in total. The Bertz CT molecular complexity index is 3550. The molecule has 68 heavy (non-hydrogen) atoms. The molecule has 1 heterocycles. The topological polar surface area (TPSA) is 15.7 Å². The summed E-state index contributed by atoms with van der Waals surface area (Å²) in [6.07, 6.45) is 0. The summed E-state index contributed by atoms with van der Waals surface area (Å²) >= 11 is 0. The standard InChI is InChI=1S/C65H44N2O/c1-6-19-45(20-7-1)46-33-35-52(36-34-46)67(53-37-39-61-58(42-53)56-30-16-17-32-60(56)65(61,48-22-8-2-9-23-48)49-24-10-3-11-25-49)55-41-47-21-18-31-57-59-43-54(38-40-62(59)68-63(44-55)64(47)57)66(50-26-12-4-13-27-50)51-28-14-5-15-29-51/h1-44H. The summed E-state index contributed by atoms with van der Waals surface area (Å²) < 4.78 is 7.04. The van der Waals surface area contributed by atoms with E-state index in [-0.39, 0.29) is 0 Å². The van der Waals surface area contributed by atoms with Crippen molar-refractivity contribution in [2.45, 2.75) is 5.41 Å². The van der Waals surface area contributed by atoms with Gasteiger partial charge < -0.3 is 14.5 Å². The molecule has 0 amide bonds. The summed E-state index contributed by atoms with van der Waals surface area (Å²) in [5.41, 5.74) is 18.0. The van der Waals surface area contributed by atoms with Crippen LogP contribution in [0.5, 0.6) is 11.5 Å². The summed E-state index contributed by atoms with van der Waals surface area (Å²) in [6.45, 7) is 0. The molecule has 2 aliphatic rings. The second-order valence-corrected chi connectivity index (χ2v) is 17.6. The third-order valence-electron chi connectivity index (χ3n) is 13.9. The molecule has 1 aliphatic heterocycles. The molecule has 320 valence electrons. The van der Waals surface area contributed by atoms with Gasteiger partial charge in [-0.05, 0) is 128 Å². The third kappa shape index (κ3) is 6.35. The van der Waals surface area contributed by atoms with Crippen molar-refractivity contribution in [2.75, 3.05) is 9.80 Å². The van der Waals surface area contributed by atoms with Crippen LogP contribution in [-0.4, -0.2) is 0 Å². The Morgan fingerprint density at radius 3 is 1.43 bits per heavy atom. The van der Waals surface area contributed by atoms with Crippen molar-refractivity contribution >= 4 is 44.9 Å². The van der Waals surface area contributed by atoms with Crippen LogP contribution in [0.2, 0.25) is 0 Å². The molecule has 0 saturated heterocycles. The third-order valence-corrected chi connectivity index (χ3v) is 13.9. The van der Waals surface area contributed by atoms with Crippen molar-refractivity contribution in [3.8, 4) is 44.9 Å². The van der Waals surface area contributed by atoms with Gasteiger partial charge in [0.2, 0.25) is 0 Å². The molecule has 0 unspecified atom stereocenters. The zero-order chi connectivity index (χ0) is 45.0. The van der Waals surface area contributed by atoms with Crippen LogP contribution in [0.25, 0.3) is 44.2 Å². The first-order valence-electron chi connectivity index (χ1n) is 23.3. The van der Waals surface area contributed by atoms with Crippen molar-refractivity contribution < 1.29 is 4.74 Å². The molecule has 11 aromatic rings. The summed E-state index contributed by atoms with van der Waals surface area (Å²) in [5.74, 6) is 1.67. The molecule has 0 spiro atoms. The second-order valence-electron chi connectivity index (χ2n) is 17.6. The smallest absolute Gasteiger partial charge is 0.138 e. The molecule has 0 atom stereocenters. The predicted octanol–water partition coefficient (Wildman–Crippen LogP) is 17.6. The Hall–Kier alpha value is -8.92. The summed E-state index contributed by atoms with van der Waals surface area (Å²) in [5, 5.41) is 2.21. The SMILES string of the molecule is c1ccc(-c2ccc(N(c3ccc4c(c3)-c3ccccc3C4(c3ccccc3)c3ccccc3)c3cc4c5c(cccc5c3)-c3cc(N(c5ccccc5)c5ccccc5)ccc3O4)cc2)cc1. The van der Waals surface area contributed by atoms with Gasteiger partial charge in [-0.15, -0.1) is 0 Å². The number of hydrogen-bond donors (Lipinski definition) is 0. The van der Waals surface area contributed by atoms with Crippen molar-refractivity contribution in [3.05, 3.63) is 289 Å². The van der Waals surface area contributed by atoms with Crippen LogP contribution in [0, 0.1) is 0 Å².